The van der Waals surface area contributed by atoms with Gasteiger partial charge in [-0.25, -0.2) is 4.98 Å². The van der Waals surface area contributed by atoms with Crippen molar-refractivity contribution >= 4 is 17.2 Å². The Hall–Kier alpha value is -1.39. The minimum atomic E-state index is -2.68. The highest BCUT2D eigenvalue weighted by Gasteiger charge is 2.09. The zero-order valence-corrected chi connectivity index (χ0v) is 10.7. The number of nitrogens with zero attached hydrogens (tertiary/aromatic N) is 3. The lowest BCUT2D eigenvalue weighted by molar-refractivity contribution is 0.412. The number of aromatic nitrogens is 1. The summed E-state index contributed by atoms with van der Waals surface area (Å²) in [7, 11) is 0. The summed E-state index contributed by atoms with van der Waals surface area (Å²) < 4.78 is 44.7. The second-order valence-electron chi connectivity index (χ2n) is 3.84. The first kappa shape index (κ1) is 7.26. The Labute approximate surface area is 121 Å². The average molecular weight is 267 g/mol. The summed E-state index contributed by atoms with van der Waals surface area (Å²) in [5.41, 5.74) is 0. The molecule has 0 aliphatic heterocycles. The monoisotopic (exact) mass is 267 g/mol. The number of pyridine rings is 1. The maximum absolute atomic E-state index is 7.46. The lowest BCUT2D eigenvalue weighted by Gasteiger charge is -2.24. The van der Waals surface area contributed by atoms with Crippen molar-refractivity contribution in [2.45, 2.75) is 6.54 Å². The standard InChI is InChI=1S/C14H19N3S/c1-16(2)9-10-17(12-13-6-5-11-18-13)14-7-3-4-8-15-14/h3-8,11H,9-10,12H2,1-2H3/i1D3,2D3. The molecule has 2 rings (SSSR count). The molecule has 0 atom stereocenters. The summed E-state index contributed by atoms with van der Waals surface area (Å²) in [6, 6.07) is 9.38. The van der Waals surface area contributed by atoms with Crippen LogP contribution in [0.5, 0.6) is 0 Å². The Bertz CT molecular complexity index is 598. The molecule has 0 aliphatic rings. The zero-order chi connectivity index (χ0) is 17.8. The Morgan fingerprint density at radius 3 is 2.83 bits per heavy atom. The van der Waals surface area contributed by atoms with E-state index in [0.29, 0.717) is 17.3 Å². The Morgan fingerprint density at radius 1 is 1.22 bits per heavy atom. The Morgan fingerprint density at radius 2 is 2.17 bits per heavy atom. The quantitative estimate of drug-likeness (QED) is 0.802. The van der Waals surface area contributed by atoms with Crippen molar-refractivity contribution in [2.24, 2.45) is 0 Å². The van der Waals surface area contributed by atoms with E-state index in [9.17, 15) is 0 Å². The van der Waals surface area contributed by atoms with Crippen LogP contribution in [0.15, 0.2) is 41.9 Å². The lowest BCUT2D eigenvalue weighted by Crippen LogP contribution is -2.31. The molecule has 0 radical (unpaired) electrons. The van der Waals surface area contributed by atoms with E-state index in [4.69, 9.17) is 8.22 Å². The highest BCUT2D eigenvalue weighted by molar-refractivity contribution is 7.09. The van der Waals surface area contributed by atoms with Crippen LogP contribution in [-0.2, 0) is 6.54 Å². The molecule has 0 saturated carbocycles. The van der Waals surface area contributed by atoms with Gasteiger partial charge in [-0.05, 0) is 37.5 Å². The Balaban J connectivity index is 2.16. The molecule has 2 aromatic heterocycles. The summed E-state index contributed by atoms with van der Waals surface area (Å²) in [6.45, 7) is -4.68. The van der Waals surface area contributed by atoms with E-state index in [-0.39, 0.29) is 13.1 Å². The minimum absolute atomic E-state index is 0.116. The molecule has 0 fully saturated rings. The van der Waals surface area contributed by atoms with E-state index < -0.39 is 14.0 Å². The lowest BCUT2D eigenvalue weighted by atomic mass is 10.3. The first-order valence-corrected chi connectivity index (χ1v) is 6.52. The molecule has 0 unspecified atom stereocenters. The molecular weight excluding hydrogens is 242 g/mol. The van der Waals surface area contributed by atoms with Gasteiger partial charge in [0, 0.05) is 32.4 Å². The molecule has 0 bridgehead atoms. The van der Waals surface area contributed by atoms with E-state index in [1.165, 1.54) is 0 Å². The molecule has 0 amide bonds. The van der Waals surface area contributed by atoms with Crippen molar-refractivity contribution in [3.63, 3.8) is 0 Å². The summed E-state index contributed by atoms with van der Waals surface area (Å²) in [6.07, 6.45) is 1.65. The van der Waals surface area contributed by atoms with Crippen LogP contribution < -0.4 is 4.90 Å². The van der Waals surface area contributed by atoms with Crippen molar-refractivity contribution in [1.29, 1.82) is 0 Å². The van der Waals surface area contributed by atoms with Gasteiger partial charge in [-0.15, -0.1) is 11.3 Å². The number of rotatable bonds is 6. The molecule has 4 heteroatoms. The van der Waals surface area contributed by atoms with Gasteiger partial charge in [0.05, 0.1) is 6.54 Å². The summed E-state index contributed by atoms with van der Waals surface area (Å²) >= 11 is 1.59. The molecule has 2 aromatic rings. The highest BCUT2D eigenvalue weighted by atomic mass is 32.1. The minimum Gasteiger partial charge on any atom is -0.350 e. The van der Waals surface area contributed by atoms with E-state index in [1.54, 1.807) is 23.6 Å². The van der Waals surface area contributed by atoms with Gasteiger partial charge in [0.1, 0.15) is 5.82 Å². The third kappa shape index (κ3) is 3.82. The number of thiophene rings is 1. The number of anilines is 1. The largest absolute Gasteiger partial charge is 0.350 e. The van der Waals surface area contributed by atoms with Gasteiger partial charge in [0.15, 0.2) is 0 Å². The second-order valence-corrected chi connectivity index (χ2v) is 4.87. The third-order valence-corrected chi connectivity index (χ3v) is 3.35. The molecule has 18 heavy (non-hydrogen) atoms. The molecule has 0 saturated heterocycles. The fourth-order valence-electron chi connectivity index (χ4n) is 1.63. The average Bonchev–Trinajstić information content (AvgIpc) is 2.97. The number of hydrogen-bond donors (Lipinski definition) is 0. The van der Waals surface area contributed by atoms with Gasteiger partial charge in [0.2, 0.25) is 0 Å². The topological polar surface area (TPSA) is 19.4 Å². The smallest absolute Gasteiger partial charge is 0.128 e. The first-order valence-electron chi connectivity index (χ1n) is 8.64. The predicted octanol–water partition coefficient (Wildman–Crippen LogP) is 2.71. The summed E-state index contributed by atoms with van der Waals surface area (Å²) in [4.78, 5) is 7.84. The van der Waals surface area contributed by atoms with Gasteiger partial charge >= 0.3 is 0 Å². The molecule has 0 spiro atoms. The van der Waals surface area contributed by atoms with Crippen molar-refractivity contribution in [3.8, 4) is 0 Å². The maximum atomic E-state index is 7.46. The normalized spacial score (nSPS) is 17.2. The molecule has 0 aromatic carbocycles. The second kappa shape index (κ2) is 6.52. The molecule has 0 N–H and O–H groups in total. The molecule has 2 heterocycles. The van der Waals surface area contributed by atoms with Gasteiger partial charge in [-0.1, -0.05) is 12.1 Å². The fraction of sp³-hybridized carbons (Fsp3) is 0.357. The van der Waals surface area contributed by atoms with Crippen molar-refractivity contribution in [2.75, 3.05) is 31.9 Å². The van der Waals surface area contributed by atoms with Crippen LogP contribution in [0.2, 0.25) is 0 Å². The summed E-state index contributed by atoms with van der Waals surface area (Å²) in [5.74, 6) is 0.682. The van der Waals surface area contributed by atoms with Crippen LogP contribution in [-0.4, -0.2) is 36.9 Å². The maximum Gasteiger partial charge on any atom is 0.128 e. The predicted molar refractivity (Wildman–Crippen MR) is 78.2 cm³/mol. The van der Waals surface area contributed by atoms with Crippen molar-refractivity contribution in [1.82, 2.24) is 9.88 Å². The first-order chi connectivity index (χ1) is 11.2. The van der Waals surface area contributed by atoms with Crippen LogP contribution >= 0.6 is 11.3 Å². The molecule has 3 nitrogen and oxygen atoms in total. The van der Waals surface area contributed by atoms with Crippen molar-refractivity contribution in [3.05, 3.63) is 46.8 Å². The molecular formula is C14H19N3S. The number of hydrogen-bond acceptors (Lipinski definition) is 4. The zero-order valence-electron chi connectivity index (χ0n) is 15.9. The molecule has 0 aliphatic carbocycles. The fourth-order valence-corrected chi connectivity index (χ4v) is 2.35. The van der Waals surface area contributed by atoms with Gasteiger partial charge in [-0.2, -0.15) is 0 Å². The van der Waals surface area contributed by atoms with Crippen LogP contribution in [0.4, 0.5) is 5.82 Å². The van der Waals surface area contributed by atoms with E-state index in [2.05, 4.69) is 4.98 Å². The molecule has 96 valence electrons. The van der Waals surface area contributed by atoms with Crippen LogP contribution in [0.3, 0.4) is 0 Å². The van der Waals surface area contributed by atoms with E-state index in [1.807, 2.05) is 34.5 Å². The summed E-state index contributed by atoms with van der Waals surface area (Å²) in [5, 5.41) is 1.96. The van der Waals surface area contributed by atoms with E-state index >= 15 is 0 Å². The SMILES string of the molecule is [2H]C([2H])([2H])N(CCN(Cc1cccs1)c1ccccn1)C([2H])([2H])[2H]. The van der Waals surface area contributed by atoms with Crippen molar-refractivity contribution < 1.29 is 8.22 Å². The highest BCUT2D eigenvalue weighted by Crippen LogP contribution is 2.17. The van der Waals surface area contributed by atoms with Gasteiger partial charge in [0.25, 0.3) is 0 Å². The number of likely N-dealkylation sites (N-methyl/N-ethyl adjacent to an activating group) is 1. The van der Waals surface area contributed by atoms with E-state index in [0.717, 1.165) is 4.88 Å². The van der Waals surface area contributed by atoms with Crippen LogP contribution in [0, 0.1) is 0 Å². The van der Waals surface area contributed by atoms with Crippen LogP contribution in [0.25, 0.3) is 0 Å². The Kier molecular flexibility index (Phi) is 2.63. The van der Waals surface area contributed by atoms with Gasteiger partial charge < -0.3 is 9.80 Å². The third-order valence-electron chi connectivity index (χ3n) is 2.49. The van der Waals surface area contributed by atoms with Gasteiger partial charge in [-0.3, -0.25) is 0 Å². The van der Waals surface area contributed by atoms with Crippen LogP contribution in [0.1, 0.15) is 13.1 Å².